The van der Waals surface area contributed by atoms with E-state index in [1.165, 1.54) is 0 Å². The lowest BCUT2D eigenvalue weighted by atomic mass is 10.2. The molecule has 0 radical (unpaired) electrons. The molecule has 6 heteroatoms. The van der Waals surface area contributed by atoms with Crippen molar-refractivity contribution in [2.45, 2.75) is 32.9 Å². The highest BCUT2D eigenvalue weighted by Crippen LogP contribution is 2.09. The summed E-state index contributed by atoms with van der Waals surface area (Å²) in [6.07, 6.45) is 5.68. The molecule has 0 spiro atoms. The zero-order valence-electron chi connectivity index (χ0n) is 11.2. The van der Waals surface area contributed by atoms with Crippen LogP contribution >= 0.6 is 0 Å². The van der Waals surface area contributed by atoms with Crippen molar-refractivity contribution in [3.05, 3.63) is 30.4 Å². The molecule has 19 heavy (non-hydrogen) atoms. The molecule has 0 aliphatic heterocycles. The number of hydrogen-bond donors (Lipinski definition) is 1. The number of imidazole rings is 1. The highest BCUT2D eigenvalue weighted by atomic mass is 16.4. The first-order valence-electron chi connectivity index (χ1n) is 6.30. The molecule has 0 aliphatic carbocycles. The van der Waals surface area contributed by atoms with Crippen LogP contribution in [0.5, 0.6) is 0 Å². The van der Waals surface area contributed by atoms with Crippen molar-refractivity contribution in [1.29, 1.82) is 0 Å². The molecule has 2 aromatic rings. The molecule has 2 heterocycles. The van der Waals surface area contributed by atoms with Gasteiger partial charge in [-0.25, -0.2) is 9.97 Å². The number of carbonyl (C=O) groups is 1. The Balaban J connectivity index is 2.09. The van der Waals surface area contributed by atoms with E-state index in [-0.39, 0.29) is 12.5 Å². The van der Waals surface area contributed by atoms with E-state index in [4.69, 9.17) is 5.11 Å². The summed E-state index contributed by atoms with van der Waals surface area (Å²) < 4.78 is 1.87. The van der Waals surface area contributed by atoms with Crippen molar-refractivity contribution in [1.82, 2.24) is 19.3 Å². The zero-order chi connectivity index (χ0) is 13.8. The highest BCUT2D eigenvalue weighted by Gasteiger charge is 2.13. The second-order valence-corrected chi connectivity index (χ2v) is 4.77. The summed E-state index contributed by atoms with van der Waals surface area (Å²) in [5.41, 5.74) is 0.901. The van der Waals surface area contributed by atoms with E-state index >= 15 is 0 Å². The number of carboxylic acids is 1. The van der Waals surface area contributed by atoms with Crippen molar-refractivity contribution in [3.8, 4) is 0 Å². The van der Waals surface area contributed by atoms with Crippen LogP contribution in [0.1, 0.15) is 26.0 Å². The third kappa shape index (κ3) is 3.51. The fourth-order valence-electron chi connectivity index (χ4n) is 1.92. The Morgan fingerprint density at radius 1 is 1.53 bits per heavy atom. The van der Waals surface area contributed by atoms with Gasteiger partial charge in [0.1, 0.15) is 0 Å². The molecule has 2 aromatic heterocycles. The minimum atomic E-state index is -0.776. The van der Waals surface area contributed by atoms with Crippen LogP contribution in [0.15, 0.2) is 24.7 Å². The number of hydrogen-bond acceptors (Lipinski definition) is 4. The maximum absolute atomic E-state index is 10.7. The fourth-order valence-corrected chi connectivity index (χ4v) is 1.92. The Kier molecular flexibility index (Phi) is 4.11. The maximum Gasteiger partial charge on any atom is 0.304 e. The average Bonchev–Trinajstić information content (AvgIpc) is 2.76. The molecule has 2 rings (SSSR count). The molecule has 0 fully saturated rings. The van der Waals surface area contributed by atoms with Gasteiger partial charge in [0, 0.05) is 37.7 Å². The molecule has 0 aromatic carbocycles. The van der Waals surface area contributed by atoms with Gasteiger partial charge in [0.05, 0.1) is 12.1 Å². The van der Waals surface area contributed by atoms with Gasteiger partial charge in [-0.2, -0.15) is 0 Å². The van der Waals surface area contributed by atoms with E-state index in [1.54, 1.807) is 6.20 Å². The van der Waals surface area contributed by atoms with Gasteiger partial charge in [-0.1, -0.05) is 0 Å². The standard InChI is InChI=1S/C13H18N4O2/c1-10(2)16(7-4-12(18)19)8-11-9-17-6-3-5-14-13(17)15-11/h3,5-6,9-10H,4,7-8H2,1-2H3,(H,18,19). The second-order valence-electron chi connectivity index (χ2n) is 4.77. The van der Waals surface area contributed by atoms with Crippen LogP contribution in [0.2, 0.25) is 0 Å². The van der Waals surface area contributed by atoms with Gasteiger partial charge >= 0.3 is 5.97 Å². The molecule has 0 unspecified atom stereocenters. The van der Waals surface area contributed by atoms with Gasteiger partial charge in [0.15, 0.2) is 0 Å². The summed E-state index contributed by atoms with van der Waals surface area (Å²) in [5, 5.41) is 8.77. The monoisotopic (exact) mass is 262 g/mol. The topological polar surface area (TPSA) is 70.7 Å². The van der Waals surface area contributed by atoms with Crippen molar-refractivity contribution in [2.24, 2.45) is 0 Å². The van der Waals surface area contributed by atoms with Crippen molar-refractivity contribution >= 4 is 11.7 Å². The van der Waals surface area contributed by atoms with Gasteiger partial charge in [-0.05, 0) is 19.9 Å². The Morgan fingerprint density at radius 2 is 2.32 bits per heavy atom. The number of fused-ring (bicyclic) bond motifs is 1. The lowest BCUT2D eigenvalue weighted by Crippen LogP contribution is -2.32. The van der Waals surface area contributed by atoms with Gasteiger partial charge < -0.3 is 5.11 Å². The maximum atomic E-state index is 10.7. The van der Waals surface area contributed by atoms with E-state index in [9.17, 15) is 4.79 Å². The number of rotatable bonds is 6. The summed E-state index contributed by atoms with van der Waals surface area (Å²) in [4.78, 5) is 21.3. The number of aromatic nitrogens is 3. The predicted molar refractivity (Wildman–Crippen MR) is 70.8 cm³/mol. The number of nitrogens with zero attached hydrogens (tertiary/aromatic N) is 4. The van der Waals surface area contributed by atoms with E-state index in [0.29, 0.717) is 18.9 Å². The van der Waals surface area contributed by atoms with Crippen LogP contribution in [-0.4, -0.2) is 42.9 Å². The Bertz CT molecular complexity index is 532. The molecular weight excluding hydrogens is 244 g/mol. The summed E-state index contributed by atoms with van der Waals surface area (Å²) >= 11 is 0. The average molecular weight is 262 g/mol. The molecule has 6 nitrogen and oxygen atoms in total. The molecule has 0 aliphatic rings. The first-order chi connectivity index (χ1) is 9.06. The van der Waals surface area contributed by atoms with Gasteiger partial charge in [-0.15, -0.1) is 0 Å². The van der Waals surface area contributed by atoms with Crippen LogP contribution < -0.4 is 0 Å². The minimum absolute atomic E-state index is 0.143. The van der Waals surface area contributed by atoms with Gasteiger partial charge in [0.2, 0.25) is 5.78 Å². The van der Waals surface area contributed by atoms with Crippen molar-refractivity contribution in [3.63, 3.8) is 0 Å². The summed E-state index contributed by atoms with van der Waals surface area (Å²) in [7, 11) is 0. The fraction of sp³-hybridized carbons (Fsp3) is 0.462. The van der Waals surface area contributed by atoms with E-state index in [1.807, 2.05) is 22.9 Å². The summed E-state index contributed by atoms with van der Waals surface area (Å²) in [5.74, 6) is -0.109. The molecule has 0 saturated heterocycles. The third-order valence-corrected chi connectivity index (χ3v) is 2.99. The SMILES string of the molecule is CC(C)N(CCC(=O)O)Cc1cn2cccnc2n1. The molecule has 0 saturated carbocycles. The Labute approximate surface area is 111 Å². The predicted octanol–water partition coefficient (Wildman–Crippen LogP) is 1.41. The quantitative estimate of drug-likeness (QED) is 0.852. The van der Waals surface area contributed by atoms with Crippen molar-refractivity contribution < 1.29 is 9.90 Å². The Morgan fingerprint density at radius 3 is 2.95 bits per heavy atom. The van der Waals surface area contributed by atoms with Gasteiger partial charge in [0.25, 0.3) is 0 Å². The first kappa shape index (κ1) is 13.5. The zero-order valence-corrected chi connectivity index (χ0v) is 11.2. The number of carboxylic acid groups (broad SMARTS) is 1. The molecule has 1 N–H and O–H groups in total. The first-order valence-corrected chi connectivity index (χ1v) is 6.30. The van der Waals surface area contributed by atoms with Crippen LogP contribution in [0, 0.1) is 0 Å². The minimum Gasteiger partial charge on any atom is -0.481 e. The summed E-state index contributed by atoms with van der Waals surface area (Å²) in [6.45, 7) is 5.26. The van der Waals surface area contributed by atoms with Crippen LogP contribution in [0.25, 0.3) is 5.78 Å². The van der Waals surface area contributed by atoms with Crippen molar-refractivity contribution in [2.75, 3.05) is 6.54 Å². The number of aliphatic carboxylic acids is 1. The van der Waals surface area contributed by atoms with E-state index < -0.39 is 5.97 Å². The van der Waals surface area contributed by atoms with E-state index in [2.05, 4.69) is 28.7 Å². The molecular formula is C13H18N4O2. The lowest BCUT2D eigenvalue weighted by molar-refractivity contribution is -0.137. The lowest BCUT2D eigenvalue weighted by Gasteiger charge is -2.24. The second kappa shape index (κ2) is 5.79. The van der Waals surface area contributed by atoms with Crippen LogP contribution in [-0.2, 0) is 11.3 Å². The summed E-state index contributed by atoms with van der Waals surface area (Å²) in [6, 6.07) is 2.13. The molecule has 102 valence electrons. The van der Waals surface area contributed by atoms with Crippen LogP contribution in [0.3, 0.4) is 0 Å². The molecule has 0 bridgehead atoms. The van der Waals surface area contributed by atoms with Gasteiger partial charge in [-0.3, -0.25) is 14.1 Å². The Hall–Kier alpha value is -1.95. The third-order valence-electron chi connectivity index (χ3n) is 2.99. The van der Waals surface area contributed by atoms with E-state index in [0.717, 1.165) is 5.69 Å². The highest BCUT2D eigenvalue weighted by molar-refractivity contribution is 5.66. The smallest absolute Gasteiger partial charge is 0.304 e. The largest absolute Gasteiger partial charge is 0.481 e. The van der Waals surface area contributed by atoms with Crippen LogP contribution in [0.4, 0.5) is 0 Å². The normalized spacial score (nSPS) is 11.6. The molecule has 0 atom stereocenters. The molecule has 0 amide bonds.